The van der Waals surface area contributed by atoms with Crippen LogP contribution in [-0.2, 0) is 11.2 Å². The maximum absolute atomic E-state index is 9.86. The predicted molar refractivity (Wildman–Crippen MR) is 95.6 cm³/mol. The Hall–Kier alpha value is -0.810. The number of rotatable bonds is 10. The molecule has 5 heteroatoms. The van der Waals surface area contributed by atoms with E-state index < -0.39 is 6.10 Å². The highest BCUT2D eigenvalue weighted by atomic mass is 35.5. The van der Waals surface area contributed by atoms with Crippen molar-refractivity contribution in [3.63, 3.8) is 0 Å². The number of benzene rings is 1. The second-order valence-corrected chi connectivity index (χ2v) is 5.96. The first-order valence-electron chi connectivity index (χ1n) is 8.49. The van der Waals surface area contributed by atoms with Crippen LogP contribution < -0.4 is 10.1 Å². The average molecular weight is 344 g/mol. The van der Waals surface area contributed by atoms with Crippen molar-refractivity contribution in [2.45, 2.75) is 51.2 Å². The van der Waals surface area contributed by atoms with Gasteiger partial charge in [-0.15, -0.1) is 12.4 Å². The molecular weight excluding hydrogens is 314 g/mol. The Morgan fingerprint density at radius 3 is 2.52 bits per heavy atom. The van der Waals surface area contributed by atoms with Crippen molar-refractivity contribution < 1.29 is 14.6 Å². The SMILES string of the molecule is CCc1ccc(OCCOC[C@@H](O)CNC2CCCC2)cc1.Cl. The lowest BCUT2D eigenvalue weighted by Gasteiger charge is -2.16. The molecule has 0 aromatic heterocycles. The zero-order valence-electron chi connectivity index (χ0n) is 14.0. The minimum atomic E-state index is -0.440. The second kappa shape index (κ2) is 11.7. The fraction of sp³-hybridized carbons (Fsp3) is 0.667. The molecule has 1 atom stereocenters. The van der Waals surface area contributed by atoms with Gasteiger partial charge in [-0.1, -0.05) is 31.9 Å². The second-order valence-electron chi connectivity index (χ2n) is 5.96. The van der Waals surface area contributed by atoms with Gasteiger partial charge in [-0.2, -0.15) is 0 Å². The van der Waals surface area contributed by atoms with E-state index in [1.165, 1.54) is 31.2 Å². The molecule has 0 amide bonds. The summed E-state index contributed by atoms with van der Waals surface area (Å²) in [5.74, 6) is 0.865. The third-order valence-electron chi connectivity index (χ3n) is 4.14. The molecular formula is C18H30ClNO3. The van der Waals surface area contributed by atoms with Crippen LogP contribution >= 0.6 is 12.4 Å². The Balaban J connectivity index is 0.00000264. The van der Waals surface area contributed by atoms with Gasteiger partial charge in [0, 0.05) is 12.6 Å². The number of hydrogen-bond acceptors (Lipinski definition) is 4. The number of halogens is 1. The van der Waals surface area contributed by atoms with Gasteiger partial charge in [0.25, 0.3) is 0 Å². The van der Waals surface area contributed by atoms with Crippen LogP contribution in [0, 0.1) is 0 Å². The summed E-state index contributed by atoms with van der Waals surface area (Å²) in [5, 5.41) is 13.3. The van der Waals surface area contributed by atoms with Gasteiger partial charge >= 0.3 is 0 Å². The maximum atomic E-state index is 9.86. The van der Waals surface area contributed by atoms with Crippen molar-refractivity contribution in [3.05, 3.63) is 29.8 Å². The zero-order valence-corrected chi connectivity index (χ0v) is 14.8. The fourth-order valence-corrected chi connectivity index (χ4v) is 2.75. The monoisotopic (exact) mass is 343 g/mol. The van der Waals surface area contributed by atoms with Crippen LogP contribution in [0.3, 0.4) is 0 Å². The summed E-state index contributed by atoms with van der Waals surface area (Å²) in [7, 11) is 0. The molecule has 0 saturated heterocycles. The topological polar surface area (TPSA) is 50.7 Å². The van der Waals surface area contributed by atoms with Crippen molar-refractivity contribution in [2.24, 2.45) is 0 Å². The molecule has 2 N–H and O–H groups in total. The zero-order chi connectivity index (χ0) is 15.6. The molecule has 132 valence electrons. The molecule has 1 aliphatic rings. The summed E-state index contributed by atoms with van der Waals surface area (Å²) >= 11 is 0. The molecule has 2 rings (SSSR count). The van der Waals surface area contributed by atoms with Gasteiger partial charge < -0.3 is 19.9 Å². The van der Waals surface area contributed by atoms with E-state index in [0.29, 0.717) is 32.4 Å². The van der Waals surface area contributed by atoms with E-state index in [9.17, 15) is 5.11 Å². The average Bonchev–Trinajstić information content (AvgIpc) is 3.06. The van der Waals surface area contributed by atoms with Crippen molar-refractivity contribution in [2.75, 3.05) is 26.4 Å². The summed E-state index contributed by atoms with van der Waals surface area (Å²) in [6, 6.07) is 8.71. The van der Waals surface area contributed by atoms with E-state index >= 15 is 0 Å². The first kappa shape index (κ1) is 20.2. The van der Waals surface area contributed by atoms with Crippen molar-refractivity contribution in [1.29, 1.82) is 0 Å². The summed E-state index contributed by atoms with van der Waals surface area (Å²) in [4.78, 5) is 0. The lowest BCUT2D eigenvalue weighted by molar-refractivity contribution is 0.0241. The van der Waals surface area contributed by atoms with Crippen LogP contribution in [0.2, 0.25) is 0 Å². The van der Waals surface area contributed by atoms with Crippen molar-refractivity contribution in [3.8, 4) is 5.75 Å². The van der Waals surface area contributed by atoms with E-state index in [1.807, 2.05) is 12.1 Å². The van der Waals surface area contributed by atoms with Gasteiger partial charge in [-0.05, 0) is 37.0 Å². The normalized spacial score (nSPS) is 16.1. The van der Waals surface area contributed by atoms with E-state index in [-0.39, 0.29) is 12.4 Å². The highest BCUT2D eigenvalue weighted by Gasteiger charge is 2.15. The maximum Gasteiger partial charge on any atom is 0.119 e. The van der Waals surface area contributed by atoms with Crippen LogP contribution in [0.15, 0.2) is 24.3 Å². The Labute approximate surface area is 146 Å². The van der Waals surface area contributed by atoms with Gasteiger partial charge in [0.15, 0.2) is 0 Å². The first-order chi connectivity index (χ1) is 10.8. The molecule has 1 aliphatic carbocycles. The molecule has 0 unspecified atom stereocenters. The number of ether oxygens (including phenoxy) is 2. The highest BCUT2D eigenvalue weighted by molar-refractivity contribution is 5.85. The Morgan fingerprint density at radius 1 is 1.17 bits per heavy atom. The van der Waals surface area contributed by atoms with Gasteiger partial charge in [0.1, 0.15) is 12.4 Å². The fourth-order valence-electron chi connectivity index (χ4n) is 2.75. The molecule has 0 bridgehead atoms. The van der Waals surface area contributed by atoms with Crippen LogP contribution in [0.4, 0.5) is 0 Å². The Morgan fingerprint density at radius 2 is 1.87 bits per heavy atom. The van der Waals surface area contributed by atoms with Gasteiger partial charge in [0.05, 0.1) is 19.3 Å². The molecule has 0 heterocycles. The molecule has 1 aromatic rings. The number of aryl methyl sites for hydroxylation is 1. The molecule has 1 saturated carbocycles. The lowest BCUT2D eigenvalue weighted by atomic mass is 10.2. The van der Waals surface area contributed by atoms with Crippen molar-refractivity contribution >= 4 is 12.4 Å². The first-order valence-corrected chi connectivity index (χ1v) is 8.49. The smallest absolute Gasteiger partial charge is 0.119 e. The highest BCUT2D eigenvalue weighted by Crippen LogP contribution is 2.17. The lowest BCUT2D eigenvalue weighted by Crippen LogP contribution is -2.36. The van der Waals surface area contributed by atoms with Gasteiger partial charge in [0.2, 0.25) is 0 Å². The molecule has 0 aliphatic heterocycles. The standard InChI is InChI=1S/C18H29NO3.ClH/c1-2-15-7-9-18(10-8-15)22-12-11-21-14-17(20)13-19-16-5-3-4-6-16;/h7-10,16-17,19-20H,2-6,11-14H2,1H3;1H/t17-;/m0./s1. The summed E-state index contributed by atoms with van der Waals surface area (Å²) < 4.78 is 11.1. The van der Waals surface area contributed by atoms with E-state index in [4.69, 9.17) is 9.47 Å². The van der Waals surface area contributed by atoms with Crippen molar-refractivity contribution in [1.82, 2.24) is 5.32 Å². The third-order valence-corrected chi connectivity index (χ3v) is 4.14. The quantitative estimate of drug-likeness (QED) is 0.641. The predicted octanol–water partition coefficient (Wildman–Crippen LogP) is 2.96. The minimum absolute atomic E-state index is 0. The number of aliphatic hydroxyl groups excluding tert-OH is 1. The number of aliphatic hydroxyl groups is 1. The van der Waals surface area contributed by atoms with Crippen LogP contribution in [0.1, 0.15) is 38.2 Å². The minimum Gasteiger partial charge on any atom is -0.491 e. The third kappa shape index (κ3) is 8.02. The molecule has 1 aromatic carbocycles. The van der Waals surface area contributed by atoms with Crippen LogP contribution in [0.25, 0.3) is 0 Å². The molecule has 1 fully saturated rings. The molecule has 4 nitrogen and oxygen atoms in total. The number of nitrogens with one attached hydrogen (secondary N) is 1. The van der Waals surface area contributed by atoms with E-state index in [2.05, 4.69) is 24.4 Å². The summed E-state index contributed by atoms with van der Waals surface area (Å²) in [6.45, 7) is 4.11. The van der Waals surface area contributed by atoms with Crippen LogP contribution in [0.5, 0.6) is 5.75 Å². The van der Waals surface area contributed by atoms with Gasteiger partial charge in [-0.3, -0.25) is 0 Å². The number of hydrogen-bond donors (Lipinski definition) is 2. The summed E-state index contributed by atoms with van der Waals surface area (Å²) in [6.07, 6.45) is 5.68. The van der Waals surface area contributed by atoms with E-state index in [1.54, 1.807) is 0 Å². The molecule has 0 radical (unpaired) electrons. The van der Waals surface area contributed by atoms with Gasteiger partial charge in [-0.25, -0.2) is 0 Å². The van der Waals surface area contributed by atoms with Crippen LogP contribution in [-0.4, -0.2) is 43.6 Å². The largest absolute Gasteiger partial charge is 0.491 e. The van der Waals surface area contributed by atoms with E-state index in [0.717, 1.165) is 12.2 Å². The molecule has 0 spiro atoms. The Kier molecular flexibility index (Phi) is 10.3. The molecule has 23 heavy (non-hydrogen) atoms. The summed E-state index contributed by atoms with van der Waals surface area (Å²) in [5.41, 5.74) is 1.31. The Bertz CT molecular complexity index is 407.